The molecule has 4 heteroatoms. The average Bonchev–Trinajstić information content (AvgIpc) is 2.97. The lowest BCUT2D eigenvalue weighted by molar-refractivity contribution is -0.115. The highest BCUT2D eigenvalue weighted by Gasteiger charge is 2.13. The van der Waals surface area contributed by atoms with Crippen LogP contribution in [0.5, 0.6) is 0 Å². The standard InChI is InChI=1S/C21H16ClNO2/c1-13-9-20-17(11-18(13)22)15(12-25-20)10-21(24)23-19-8-4-6-14-5-2-3-7-16(14)19/h2-9,11-12H,10H2,1H3,(H,23,24). The van der Waals surface area contributed by atoms with Crippen LogP contribution in [0.2, 0.25) is 5.02 Å². The van der Waals surface area contributed by atoms with Gasteiger partial charge in [-0.2, -0.15) is 0 Å². The van der Waals surface area contributed by atoms with Crippen molar-refractivity contribution in [3.8, 4) is 0 Å². The van der Waals surface area contributed by atoms with Crippen LogP contribution < -0.4 is 5.32 Å². The third-order valence-electron chi connectivity index (χ3n) is 4.35. The first-order valence-electron chi connectivity index (χ1n) is 8.05. The number of fused-ring (bicyclic) bond motifs is 2. The van der Waals surface area contributed by atoms with Crippen LogP contribution in [0.1, 0.15) is 11.1 Å². The van der Waals surface area contributed by atoms with Gasteiger partial charge in [-0.1, -0.05) is 48.0 Å². The van der Waals surface area contributed by atoms with E-state index >= 15 is 0 Å². The molecule has 3 aromatic carbocycles. The van der Waals surface area contributed by atoms with Crippen LogP contribution in [0.25, 0.3) is 21.7 Å². The van der Waals surface area contributed by atoms with E-state index in [2.05, 4.69) is 5.32 Å². The quantitative estimate of drug-likeness (QED) is 0.513. The van der Waals surface area contributed by atoms with Crippen molar-refractivity contribution >= 4 is 44.9 Å². The Morgan fingerprint density at radius 2 is 1.88 bits per heavy atom. The molecular formula is C21H16ClNO2. The van der Waals surface area contributed by atoms with Crippen LogP contribution in [0.15, 0.2) is 65.3 Å². The summed E-state index contributed by atoms with van der Waals surface area (Å²) in [5, 5.41) is 6.67. The summed E-state index contributed by atoms with van der Waals surface area (Å²) in [5.41, 5.74) is 3.34. The molecule has 1 heterocycles. The number of amides is 1. The molecule has 0 aliphatic rings. The second-order valence-electron chi connectivity index (χ2n) is 6.11. The molecule has 1 amide bonds. The summed E-state index contributed by atoms with van der Waals surface area (Å²) in [7, 11) is 0. The fourth-order valence-corrected chi connectivity index (χ4v) is 3.20. The summed E-state index contributed by atoms with van der Waals surface area (Å²) in [6.45, 7) is 1.93. The van der Waals surface area contributed by atoms with Gasteiger partial charge < -0.3 is 9.73 Å². The molecule has 0 fully saturated rings. The Bertz CT molecular complexity index is 1090. The molecule has 1 N–H and O–H groups in total. The van der Waals surface area contributed by atoms with E-state index < -0.39 is 0 Å². The fourth-order valence-electron chi connectivity index (χ4n) is 3.04. The molecule has 0 saturated heterocycles. The highest BCUT2D eigenvalue weighted by atomic mass is 35.5. The van der Waals surface area contributed by atoms with E-state index in [1.165, 1.54) is 0 Å². The van der Waals surface area contributed by atoms with Crippen molar-refractivity contribution in [3.63, 3.8) is 0 Å². The highest BCUT2D eigenvalue weighted by molar-refractivity contribution is 6.32. The fraction of sp³-hybridized carbons (Fsp3) is 0.0952. The largest absolute Gasteiger partial charge is 0.464 e. The molecule has 0 radical (unpaired) electrons. The molecule has 25 heavy (non-hydrogen) atoms. The SMILES string of the molecule is Cc1cc2occ(CC(=O)Nc3cccc4ccccc34)c2cc1Cl. The van der Waals surface area contributed by atoms with E-state index in [1.54, 1.807) is 6.26 Å². The Hall–Kier alpha value is -2.78. The summed E-state index contributed by atoms with van der Waals surface area (Å²) >= 11 is 6.21. The smallest absolute Gasteiger partial charge is 0.228 e. The molecule has 4 rings (SSSR count). The maximum Gasteiger partial charge on any atom is 0.228 e. The van der Waals surface area contributed by atoms with Crippen molar-refractivity contribution in [3.05, 3.63) is 77.0 Å². The van der Waals surface area contributed by atoms with Gasteiger partial charge in [0.2, 0.25) is 5.91 Å². The number of nitrogens with one attached hydrogen (secondary N) is 1. The van der Waals surface area contributed by atoms with Crippen LogP contribution >= 0.6 is 11.6 Å². The third-order valence-corrected chi connectivity index (χ3v) is 4.76. The van der Waals surface area contributed by atoms with E-state index in [1.807, 2.05) is 61.5 Å². The van der Waals surface area contributed by atoms with Gasteiger partial charge >= 0.3 is 0 Å². The van der Waals surface area contributed by atoms with E-state index in [0.717, 1.165) is 38.6 Å². The highest BCUT2D eigenvalue weighted by Crippen LogP contribution is 2.28. The molecule has 0 saturated carbocycles. The Morgan fingerprint density at radius 1 is 1.08 bits per heavy atom. The number of furan rings is 1. The van der Waals surface area contributed by atoms with E-state index in [-0.39, 0.29) is 12.3 Å². The van der Waals surface area contributed by atoms with Gasteiger partial charge in [0.1, 0.15) is 5.58 Å². The molecule has 0 atom stereocenters. The third kappa shape index (κ3) is 2.99. The van der Waals surface area contributed by atoms with Gasteiger partial charge in [-0.15, -0.1) is 0 Å². The number of hydrogen-bond donors (Lipinski definition) is 1. The minimum Gasteiger partial charge on any atom is -0.464 e. The van der Waals surface area contributed by atoms with Gasteiger partial charge in [0, 0.05) is 27.0 Å². The van der Waals surface area contributed by atoms with Crippen LogP contribution in [-0.2, 0) is 11.2 Å². The van der Waals surface area contributed by atoms with Crippen molar-refractivity contribution in [1.29, 1.82) is 0 Å². The maximum absolute atomic E-state index is 12.5. The number of carbonyl (C=O) groups excluding carboxylic acids is 1. The van der Waals surface area contributed by atoms with Crippen LogP contribution in [0.3, 0.4) is 0 Å². The molecule has 0 aliphatic heterocycles. The topological polar surface area (TPSA) is 42.2 Å². The normalized spacial score (nSPS) is 11.1. The lowest BCUT2D eigenvalue weighted by Gasteiger charge is -2.08. The molecule has 4 aromatic rings. The average molecular weight is 350 g/mol. The van der Waals surface area contributed by atoms with Crippen LogP contribution in [-0.4, -0.2) is 5.91 Å². The zero-order valence-electron chi connectivity index (χ0n) is 13.7. The van der Waals surface area contributed by atoms with Crippen molar-refractivity contribution in [1.82, 2.24) is 0 Å². The number of hydrogen-bond acceptors (Lipinski definition) is 2. The number of halogens is 1. The molecule has 124 valence electrons. The lowest BCUT2D eigenvalue weighted by atomic mass is 10.1. The summed E-state index contributed by atoms with van der Waals surface area (Å²) < 4.78 is 5.57. The first kappa shape index (κ1) is 15.7. The van der Waals surface area contributed by atoms with Crippen molar-refractivity contribution in [2.45, 2.75) is 13.3 Å². The number of carbonyl (C=O) groups is 1. The summed E-state index contributed by atoms with van der Waals surface area (Å²) in [5.74, 6) is -0.0873. The van der Waals surface area contributed by atoms with Gasteiger partial charge in [0.05, 0.1) is 12.7 Å². The van der Waals surface area contributed by atoms with Crippen molar-refractivity contribution in [2.24, 2.45) is 0 Å². The maximum atomic E-state index is 12.5. The first-order valence-corrected chi connectivity index (χ1v) is 8.43. The number of anilines is 1. The molecule has 3 nitrogen and oxygen atoms in total. The van der Waals surface area contributed by atoms with Gasteiger partial charge in [0.25, 0.3) is 0 Å². The molecule has 0 spiro atoms. The van der Waals surface area contributed by atoms with Crippen molar-refractivity contribution in [2.75, 3.05) is 5.32 Å². The summed E-state index contributed by atoms with van der Waals surface area (Å²) in [6.07, 6.45) is 1.86. The van der Waals surface area contributed by atoms with Crippen LogP contribution in [0, 0.1) is 6.92 Å². The van der Waals surface area contributed by atoms with E-state index in [4.69, 9.17) is 16.0 Å². The Labute approximate surface area is 150 Å². The second kappa shape index (κ2) is 6.26. The minimum absolute atomic E-state index is 0.0873. The van der Waals surface area contributed by atoms with E-state index in [9.17, 15) is 4.79 Å². The monoisotopic (exact) mass is 349 g/mol. The zero-order chi connectivity index (χ0) is 17.4. The number of aryl methyl sites for hydroxylation is 1. The number of benzene rings is 3. The Balaban J connectivity index is 1.61. The molecular weight excluding hydrogens is 334 g/mol. The Morgan fingerprint density at radius 3 is 2.76 bits per heavy atom. The van der Waals surface area contributed by atoms with Crippen molar-refractivity contribution < 1.29 is 9.21 Å². The van der Waals surface area contributed by atoms with Crippen LogP contribution in [0.4, 0.5) is 5.69 Å². The molecule has 1 aromatic heterocycles. The Kier molecular flexibility index (Phi) is 3.94. The molecule has 0 aliphatic carbocycles. The van der Waals surface area contributed by atoms with Gasteiger partial charge in [-0.25, -0.2) is 0 Å². The first-order chi connectivity index (χ1) is 12.1. The second-order valence-corrected chi connectivity index (χ2v) is 6.52. The zero-order valence-corrected chi connectivity index (χ0v) is 14.4. The predicted molar refractivity (Wildman–Crippen MR) is 102 cm³/mol. The predicted octanol–water partition coefficient (Wildman–Crippen LogP) is 5.73. The number of rotatable bonds is 3. The van der Waals surface area contributed by atoms with Gasteiger partial charge in [-0.05, 0) is 36.1 Å². The van der Waals surface area contributed by atoms with Gasteiger partial charge in [0.15, 0.2) is 0 Å². The molecule has 0 unspecified atom stereocenters. The lowest BCUT2D eigenvalue weighted by Crippen LogP contribution is -2.14. The summed E-state index contributed by atoms with van der Waals surface area (Å²) in [4.78, 5) is 12.5. The summed E-state index contributed by atoms with van der Waals surface area (Å²) in [6, 6.07) is 17.6. The minimum atomic E-state index is -0.0873. The van der Waals surface area contributed by atoms with E-state index in [0.29, 0.717) is 5.02 Å². The van der Waals surface area contributed by atoms with Gasteiger partial charge in [-0.3, -0.25) is 4.79 Å². The molecule has 0 bridgehead atoms.